The van der Waals surface area contributed by atoms with Crippen LogP contribution in [-0.4, -0.2) is 24.9 Å². The highest BCUT2D eigenvalue weighted by molar-refractivity contribution is 7.14. The fraction of sp³-hybridized carbons (Fsp3) is 0.0645. The van der Waals surface area contributed by atoms with E-state index in [9.17, 15) is 0 Å². The Morgan fingerprint density at radius 3 is 1.88 bits per heavy atom. The molecule has 0 fully saturated rings. The molecule has 6 heterocycles. The zero-order chi connectivity index (χ0) is 28.0. The maximum Gasteiger partial charge on any atom is 0.188 e. The molecule has 6 aromatic heterocycles. The van der Waals surface area contributed by atoms with E-state index in [1.165, 1.54) is 11.3 Å². The highest BCUT2D eigenvalue weighted by atomic mass is 32.1. The Labute approximate surface area is 244 Å². The first kappa shape index (κ1) is 26.3. The molecule has 0 bridgehead atoms. The highest BCUT2D eigenvalue weighted by Gasteiger charge is 2.10. The van der Waals surface area contributed by atoms with Gasteiger partial charge >= 0.3 is 0 Å². The lowest BCUT2D eigenvalue weighted by Gasteiger charge is -2.01. The third-order valence-electron chi connectivity index (χ3n) is 5.91. The number of para-hydroxylation sites is 1. The van der Waals surface area contributed by atoms with E-state index < -0.39 is 0 Å². The summed E-state index contributed by atoms with van der Waals surface area (Å²) in [4.78, 5) is 21.9. The number of thiazole rings is 2. The van der Waals surface area contributed by atoms with E-state index in [0.29, 0.717) is 0 Å². The zero-order valence-electron chi connectivity index (χ0n) is 22.3. The first-order chi connectivity index (χ1) is 20.1. The van der Waals surface area contributed by atoms with Gasteiger partial charge in [0.15, 0.2) is 16.0 Å². The number of rotatable bonds is 6. The highest BCUT2D eigenvalue weighted by Crippen LogP contribution is 2.31. The molecule has 0 aliphatic heterocycles. The first-order valence-electron chi connectivity index (χ1n) is 12.8. The van der Waals surface area contributed by atoms with Crippen molar-refractivity contribution >= 4 is 55.5 Å². The van der Waals surface area contributed by atoms with Crippen LogP contribution in [-0.2, 0) is 0 Å². The van der Waals surface area contributed by atoms with Crippen LogP contribution in [0.2, 0.25) is 0 Å². The van der Waals surface area contributed by atoms with Crippen molar-refractivity contribution in [3.8, 4) is 22.7 Å². The minimum absolute atomic E-state index is 0.780. The Bertz CT molecular complexity index is 1860. The first-order valence-corrected chi connectivity index (χ1v) is 14.6. The quantitative estimate of drug-likeness (QED) is 0.203. The molecule has 0 amide bonds. The van der Waals surface area contributed by atoms with E-state index in [0.717, 1.165) is 67.0 Å². The summed E-state index contributed by atoms with van der Waals surface area (Å²) in [6, 6.07) is 25.6. The van der Waals surface area contributed by atoms with E-state index in [1.54, 1.807) is 23.7 Å². The summed E-state index contributed by atoms with van der Waals surface area (Å²) < 4.78 is 5.84. The van der Waals surface area contributed by atoms with E-state index in [4.69, 9.17) is 4.42 Å². The van der Waals surface area contributed by atoms with Crippen LogP contribution < -0.4 is 10.6 Å². The molecular formula is C31H25N7OS2. The average Bonchev–Trinajstić information content (AvgIpc) is 3.74. The number of nitrogens with zero attached hydrogens (tertiary/aromatic N) is 5. The van der Waals surface area contributed by atoms with Gasteiger partial charge in [0.2, 0.25) is 0 Å². The number of benzene rings is 1. The van der Waals surface area contributed by atoms with Gasteiger partial charge < -0.3 is 15.1 Å². The molecule has 0 atom stereocenters. The largest absolute Gasteiger partial charge is 0.454 e. The standard InChI is InChI=1S/C17H13N3OS.C14H12N4S/c1-11-5-4-8-16(18-11)20-17-19-13(10-22-17)15-9-12-6-2-3-7-14(12)21-15;1-10-3-2-4-13(16-10)18-14-17-12(9-19-14)11-5-7-15-8-6-11/h2-10H,1H3,(H,18,19,20);2-9H,1H3,(H,16,17,18). The summed E-state index contributed by atoms with van der Waals surface area (Å²) in [5, 5.41) is 13.2. The molecule has 0 aliphatic carbocycles. The van der Waals surface area contributed by atoms with Crippen LogP contribution >= 0.6 is 22.7 Å². The minimum Gasteiger partial charge on any atom is -0.454 e. The van der Waals surface area contributed by atoms with E-state index in [2.05, 4.69) is 35.6 Å². The van der Waals surface area contributed by atoms with Crippen LogP contribution in [0.4, 0.5) is 21.9 Å². The van der Waals surface area contributed by atoms with Crippen molar-refractivity contribution in [3.63, 3.8) is 0 Å². The van der Waals surface area contributed by atoms with Crippen LogP contribution in [0.25, 0.3) is 33.7 Å². The molecule has 7 rings (SSSR count). The van der Waals surface area contributed by atoms with Crippen molar-refractivity contribution in [2.75, 3.05) is 10.6 Å². The number of aromatic nitrogens is 5. The Morgan fingerprint density at radius 1 is 0.634 bits per heavy atom. The van der Waals surface area contributed by atoms with Gasteiger partial charge in [-0.1, -0.05) is 30.3 Å². The molecule has 8 nitrogen and oxygen atoms in total. The maximum atomic E-state index is 5.84. The van der Waals surface area contributed by atoms with Gasteiger partial charge in [0.05, 0.1) is 5.69 Å². The predicted molar refractivity (Wildman–Crippen MR) is 167 cm³/mol. The molecule has 1 aromatic carbocycles. The number of anilines is 4. The molecular weight excluding hydrogens is 551 g/mol. The van der Waals surface area contributed by atoms with E-state index in [-0.39, 0.29) is 0 Å². The number of hydrogen-bond acceptors (Lipinski definition) is 10. The lowest BCUT2D eigenvalue weighted by Crippen LogP contribution is -1.93. The number of furan rings is 1. The molecule has 0 aliphatic rings. The Morgan fingerprint density at radius 2 is 1.24 bits per heavy atom. The monoisotopic (exact) mass is 575 g/mol. The van der Waals surface area contributed by atoms with Gasteiger partial charge in [-0.3, -0.25) is 4.98 Å². The fourth-order valence-electron chi connectivity index (χ4n) is 3.98. The van der Waals surface area contributed by atoms with E-state index >= 15 is 0 Å². The van der Waals surface area contributed by atoms with Crippen molar-refractivity contribution in [1.29, 1.82) is 0 Å². The average molecular weight is 576 g/mol. The van der Waals surface area contributed by atoms with Crippen LogP contribution in [0, 0.1) is 13.8 Å². The molecule has 0 saturated carbocycles. The molecule has 0 saturated heterocycles. The van der Waals surface area contributed by atoms with Crippen molar-refractivity contribution in [3.05, 3.63) is 113 Å². The molecule has 0 radical (unpaired) electrons. The topological polar surface area (TPSA) is 102 Å². The number of nitrogens with one attached hydrogen (secondary N) is 2. The van der Waals surface area contributed by atoms with Gasteiger partial charge in [0.1, 0.15) is 22.9 Å². The normalized spacial score (nSPS) is 10.7. The van der Waals surface area contributed by atoms with Crippen molar-refractivity contribution < 1.29 is 4.42 Å². The van der Waals surface area contributed by atoms with Crippen LogP contribution in [0.3, 0.4) is 0 Å². The number of fused-ring (bicyclic) bond motifs is 1. The Balaban J connectivity index is 0.000000149. The number of pyridine rings is 3. The third-order valence-corrected chi connectivity index (χ3v) is 7.42. The van der Waals surface area contributed by atoms with Crippen LogP contribution in [0.5, 0.6) is 0 Å². The van der Waals surface area contributed by atoms with Gasteiger partial charge in [-0.25, -0.2) is 19.9 Å². The maximum absolute atomic E-state index is 5.84. The molecule has 202 valence electrons. The molecule has 10 heteroatoms. The second-order valence-electron chi connectivity index (χ2n) is 9.04. The second-order valence-corrected chi connectivity index (χ2v) is 10.8. The zero-order valence-corrected chi connectivity index (χ0v) is 23.9. The second kappa shape index (κ2) is 12.1. The summed E-state index contributed by atoms with van der Waals surface area (Å²) in [5.41, 5.74) is 5.67. The molecule has 2 N–H and O–H groups in total. The van der Waals surface area contributed by atoms with Gasteiger partial charge in [0.25, 0.3) is 0 Å². The summed E-state index contributed by atoms with van der Waals surface area (Å²) in [6.07, 6.45) is 3.54. The van der Waals surface area contributed by atoms with Crippen LogP contribution in [0.15, 0.2) is 106 Å². The van der Waals surface area contributed by atoms with Gasteiger partial charge in [-0.05, 0) is 62.4 Å². The van der Waals surface area contributed by atoms with Crippen molar-refractivity contribution in [2.24, 2.45) is 0 Å². The van der Waals surface area contributed by atoms with E-state index in [1.807, 2.05) is 103 Å². The van der Waals surface area contributed by atoms with Crippen LogP contribution in [0.1, 0.15) is 11.4 Å². The third kappa shape index (κ3) is 6.63. The summed E-state index contributed by atoms with van der Waals surface area (Å²) in [6.45, 7) is 3.93. The lowest BCUT2D eigenvalue weighted by atomic mass is 10.2. The van der Waals surface area contributed by atoms with Gasteiger partial charge in [0, 0.05) is 45.5 Å². The SMILES string of the molecule is Cc1cccc(Nc2nc(-c3cc4ccccc4o3)cs2)n1.Cc1cccc(Nc2nc(-c3ccncc3)cs2)n1. The molecule has 0 spiro atoms. The summed E-state index contributed by atoms with van der Waals surface area (Å²) in [7, 11) is 0. The van der Waals surface area contributed by atoms with Gasteiger partial charge in [-0.2, -0.15) is 0 Å². The summed E-state index contributed by atoms with van der Waals surface area (Å²) >= 11 is 3.10. The number of aryl methyl sites for hydroxylation is 2. The Hall–Kier alpha value is -4.93. The fourth-order valence-corrected chi connectivity index (χ4v) is 5.42. The van der Waals surface area contributed by atoms with Crippen molar-refractivity contribution in [1.82, 2.24) is 24.9 Å². The smallest absolute Gasteiger partial charge is 0.188 e. The number of hydrogen-bond donors (Lipinski definition) is 2. The van der Waals surface area contributed by atoms with Crippen molar-refractivity contribution in [2.45, 2.75) is 13.8 Å². The van der Waals surface area contributed by atoms with Gasteiger partial charge in [-0.15, -0.1) is 22.7 Å². The molecule has 0 unspecified atom stereocenters. The predicted octanol–water partition coefficient (Wildman–Crippen LogP) is 8.66. The lowest BCUT2D eigenvalue weighted by molar-refractivity contribution is 0.629. The molecule has 41 heavy (non-hydrogen) atoms. The molecule has 7 aromatic rings. The Kier molecular flexibility index (Phi) is 7.74. The minimum atomic E-state index is 0.780. The summed E-state index contributed by atoms with van der Waals surface area (Å²) in [5.74, 6) is 2.39.